The van der Waals surface area contributed by atoms with Crippen molar-refractivity contribution in [2.75, 3.05) is 13.2 Å². The summed E-state index contributed by atoms with van der Waals surface area (Å²) in [5.41, 5.74) is -0.783. The molecule has 2 aliphatic carbocycles. The molecule has 0 amide bonds. The SMILES string of the molecule is CC1(C)C[C@H]2C=C(C(=O)O)[C@@H]3COC(=O)C4(CO4)[C@@]23C1. The summed E-state index contributed by atoms with van der Waals surface area (Å²) >= 11 is 0. The van der Waals surface area contributed by atoms with Crippen molar-refractivity contribution in [2.45, 2.75) is 32.3 Å². The van der Waals surface area contributed by atoms with Gasteiger partial charge in [0.25, 0.3) is 0 Å². The number of carbonyl (C=O) groups excluding carboxylic acids is 1. The molecule has 2 aliphatic heterocycles. The van der Waals surface area contributed by atoms with Crippen LogP contribution in [0.3, 0.4) is 0 Å². The van der Waals surface area contributed by atoms with Crippen molar-refractivity contribution < 1.29 is 24.2 Å². The molecule has 2 spiro atoms. The highest BCUT2D eigenvalue weighted by Crippen LogP contribution is 2.71. The molecule has 4 atom stereocenters. The zero-order valence-electron chi connectivity index (χ0n) is 11.6. The van der Waals surface area contributed by atoms with Crippen LogP contribution in [0.5, 0.6) is 0 Å². The first-order valence-corrected chi connectivity index (χ1v) is 7.09. The molecule has 0 aromatic heterocycles. The molecule has 5 heteroatoms. The van der Waals surface area contributed by atoms with Gasteiger partial charge >= 0.3 is 11.9 Å². The molecule has 1 saturated carbocycles. The molecule has 2 heterocycles. The molecule has 4 rings (SSSR count). The average Bonchev–Trinajstić information content (AvgIpc) is 3.01. The highest BCUT2D eigenvalue weighted by Gasteiger charge is 2.79. The van der Waals surface area contributed by atoms with E-state index in [1.165, 1.54) is 0 Å². The number of epoxide rings is 1. The van der Waals surface area contributed by atoms with Crippen LogP contribution in [0.4, 0.5) is 0 Å². The fourth-order valence-corrected chi connectivity index (χ4v) is 5.08. The number of hydrogen-bond donors (Lipinski definition) is 1. The maximum Gasteiger partial charge on any atom is 0.341 e. The predicted octanol–water partition coefficient (Wildman–Crippen LogP) is 1.38. The first-order valence-electron chi connectivity index (χ1n) is 7.09. The lowest BCUT2D eigenvalue weighted by Crippen LogP contribution is -2.56. The van der Waals surface area contributed by atoms with Crippen LogP contribution in [-0.4, -0.2) is 35.9 Å². The van der Waals surface area contributed by atoms with E-state index in [9.17, 15) is 14.7 Å². The third-order valence-corrected chi connectivity index (χ3v) is 5.73. The molecule has 1 unspecified atom stereocenters. The molecular weight excluding hydrogens is 260 g/mol. The molecule has 5 nitrogen and oxygen atoms in total. The summed E-state index contributed by atoms with van der Waals surface area (Å²) in [6, 6.07) is 0. The number of aliphatic carboxylic acids is 1. The topological polar surface area (TPSA) is 76.1 Å². The fourth-order valence-electron chi connectivity index (χ4n) is 5.08. The number of hydrogen-bond acceptors (Lipinski definition) is 4. The van der Waals surface area contributed by atoms with Gasteiger partial charge in [0, 0.05) is 16.9 Å². The van der Waals surface area contributed by atoms with Crippen molar-refractivity contribution in [3.63, 3.8) is 0 Å². The summed E-state index contributed by atoms with van der Waals surface area (Å²) in [7, 11) is 0. The van der Waals surface area contributed by atoms with Gasteiger partial charge in [-0.2, -0.15) is 0 Å². The number of carboxylic acids is 1. The summed E-state index contributed by atoms with van der Waals surface area (Å²) in [5, 5.41) is 9.44. The number of allylic oxidation sites excluding steroid dienone is 1. The molecule has 4 aliphatic rings. The molecule has 0 aromatic carbocycles. The van der Waals surface area contributed by atoms with Crippen molar-refractivity contribution >= 4 is 11.9 Å². The molecule has 3 fully saturated rings. The molecule has 108 valence electrons. The standard InChI is InChI=1S/C15H18O5/c1-13(2)4-8-3-9(11(16)17)10-5-19-12(18)15(7-20-15)14(8,10)6-13/h3,8,10H,4-7H2,1-2H3,(H,16,17)/t8-,10+,14+,15?/m1/s1. The molecule has 1 N–H and O–H groups in total. The molecule has 20 heavy (non-hydrogen) atoms. The fraction of sp³-hybridized carbons (Fsp3) is 0.733. The van der Waals surface area contributed by atoms with Crippen molar-refractivity contribution in [2.24, 2.45) is 22.7 Å². The van der Waals surface area contributed by atoms with Crippen LogP contribution >= 0.6 is 0 Å². The minimum absolute atomic E-state index is 0.0972. The largest absolute Gasteiger partial charge is 0.478 e. The molecular formula is C15H18O5. The van der Waals surface area contributed by atoms with E-state index in [1.807, 2.05) is 6.08 Å². The number of ether oxygens (including phenoxy) is 2. The van der Waals surface area contributed by atoms with E-state index in [1.54, 1.807) is 0 Å². The zero-order chi connectivity index (χ0) is 14.3. The average molecular weight is 278 g/mol. The number of cyclic esters (lactones) is 1. The van der Waals surface area contributed by atoms with E-state index in [2.05, 4.69) is 13.8 Å². The minimum atomic E-state index is -0.893. The number of rotatable bonds is 1. The molecule has 0 radical (unpaired) electrons. The van der Waals surface area contributed by atoms with Crippen molar-refractivity contribution in [3.8, 4) is 0 Å². The third-order valence-electron chi connectivity index (χ3n) is 5.73. The summed E-state index contributed by atoms with van der Waals surface area (Å²) in [6.45, 7) is 4.91. The Morgan fingerprint density at radius 1 is 1.45 bits per heavy atom. The van der Waals surface area contributed by atoms with Gasteiger partial charge in [0.05, 0.1) is 13.2 Å². The van der Waals surface area contributed by atoms with E-state index < -0.39 is 17.0 Å². The van der Waals surface area contributed by atoms with Gasteiger partial charge < -0.3 is 14.6 Å². The second kappa shape index (κ2) is 3.27. The molecule has 0 aromatic rings. The normalized spacial score (nSPS) is 47.5. The summed E-state index contributed by atoms with van der Waals surface area (Å²) in [6.07, 6.45) is 3.59. The van der Waals surface area contributed by atoms with Crippen LogP contribution in [0, 0.1) is 22.7 Å². The van der Waals surface area contributed by atoms with Crippen LogP contribution < -0.4 is 0 Å². The van der Waals surface area contributed by atoms with Crippen LogP contribution in [0.1, 0.15) is 26.7 Å². The Labute approximate surface area is 116 Å². The van der Waals surface area contributed by atoms with E-state index in [0.29, 0.717) is 12.2 Å². The van der Waals surface area contributed by atoms with Crippen molar-refractivity contribution in [3.05, 3.63) is 11.6 Å². The highest BCUT2D eigenvalue weighted by atomic mass is 16.6. The van der Waals surface area contributed by atoms with Gasteiger partial charge in [0.15, 0.2) is 5.60 Å². The lowest BCUT2D eigenvalue weighted by Gasteiger charge is -2.44. The lowest BCUT2D eigenvalue weighted by atomic mass is 9.61. The van der Waals surface area contributed by atoms with E-state index in [-0.39, 0.29) is 29.8 Å². The smallest absolute Gasteiger partial charge is 0.341 e. The van der Waals surface area contributed by atoms with Gasteiger partial charge in [-0.25, -0.2) is 9.59 Å². The maximum atomic E-state index is 12.2. The van der Waals surface area contributed by atoms with Crippen LogP contribution in [-0.2, 0) is 19.1 Å². The monoisotopic (exact) mass is 278 g/mol. The van der Waals surface area contributed by atoms with Gasteiger partial charge in [0.2, 0.25) is 0 Å². The summed E-state index contributed by atoms with van der Waals surface area (Å²) < 4.78 is 10.8. The van der Waals surface area contributed by atoms with E-state index in [4.69, 9.17) is 9.47 Å². The third kappa shape index (κ3) is 1.18. The van der Waals surface area contributed by atoms with Crippen LogP contribution in [0.2, 0.25) is 0 Å². The quantitative estimate of drug-likeness (QED) is 0.579. The summed E-state index contributed by atoms with van der Waals surface area (Å²) in [5.74, 6) is -1.32. The molecule has 0 bridgehead atoms. The Balaban J connectivity index is 1.88. The predicted molar refractivity (Wildman–Crippen MR) is 67.8 cm³/mol. The van der Waals surface area contributed by atoms with Crippen LogP contribution in [0.15, 0.2) is 11.6 Å². The first kappa shape index (κ1) is 12.4. The van der Waals surface area contributed by atoms with Gasteiger partial charge in [0.1, 0.15) is 0 Å². The number of carbonyl (C=O) groups is 2. The Morgan fingerprint density at radius 2 is 2.15 bits per heavy atom. The summed E-state index contributed by atoms with van der Waals surface area (Å²) in [4.78, 5) is 23.7. The number of carboxylic acid groups (broad SMARTS) is 1. The Morgan fingerprint density at radius 3 is 2.75 bits per heavy atom. The Bertz CT molecular complexity index is 557. The van der Waals surface area contributed by atoms with Crippen molar-refractivity contribution in [1.82, 2.24) is 0 Å². The van der Waals surface area contributed by atoms with E-state index in [0.717, 1.165) is 12.8 Å². The second-order valence-electron chi connectivity index (χ2n) is 7.39. The van der Waals surface area contributed by atoms with E-state index >= 15 is 0 Å². The maximum absolute atomic E-state index is 12.2. The molecule has 2 saturated heterocycles. The van der Waals surface area contributed by atoms with Crippen LogP contribution in [0.25, 0.3) is 0 Å². The first-order chi connectivity index (χ1) is 9.32. The highest BCUT2D eigenvalue weighted by molar-refractivity contribution is 5.92. The number of esters is 1. The van der Waals surface area contributed by atoms with Crippen molar-refractivity contribution in [1.29, 1.82) is 0 Å². The van der Waals surface area contributed by atoms with Gasteiger partial charge in [-0.1, -0.05) is 19.9 Å². The van der Waals surface area contributed by atoms with Gasteiger partial charge in [-0.15, -0.1) is 0 Å². The zero-order valence-corrected chi connectivity index (χ0v) is 11.6. The second-order valence-corrected chi connectivity index (χ2v) is 7.39. The lowest BCUT2D eigenvalue weighted by molar-refractivity contribution is -0.174. The minimum Gasteiger partial charge on any atom is -0.478 e. The van der Waals surface area contributed by atoms with Gasteiger partial charge in [-0.3, -0.25) is 0 Å². The van der Waals surface area contributed by atoms with Gasteiger partial charge in [-0.05, 0) is 24.2 Å². The Hall–Kier alpha value is -1.36. The Kier molecular flexibility index (Phi) is 2.03.